The average Bonchev–Trinajstić information content (AvgIpc) is 3.45. The number of nitrogens with one attached hydrogen (secondary N) is 1. The normalized spacial score (nSPS) is 13.8. The average molecular weight is 560 g/mol. The van der Waals surface area contributed by atoms with Crippen LogP contribution in [0.2, 0.25) is 0 Å². The second-order valence-electron chi connectivity index (χ2n) is 10.2. The number of pyridine rings is 1. The zero-order valence-corrected chi connectivity index (χ0v) is 24.7. The fraction of sp³-hybridized carbons (Fsp3) is 0.394. The number of carbonyl (C=O) groups excluding carboxylic acids is 1. The first-order valence-electron chi connectivity index (χ1n) is 14.6. The summed E-state index contributed by atoms with van der Waals surface area (Å²) in [5.41, 5.74) is 4.82. The minimum Gasteiger partial charge on any atom is -0.496 e. The van der Waals surface area contributed by atoms with E-state index in [2.05, 4.69) is 52.7 Å². The molecule has 2 aromatic carbocycles. The molecule has 0 bridgehead atoms. The Balaban J connectivity index is 0.000000191. The molecule has 2 aromatic heterocycles. The number of amides is 1. The molecule has 8 heteroatoms. The molecular formula is C33H42FN5O2. The molecule has 1 N–H and O–H groups in total. The molecule has 0 spiro atoms. The van der Waals surface area contributed by atoms with Crippen LogP contribution in [0, 0.1) is 5.82 Å². The number of piperazine rings is 1. The van der Waals surface area contributed by atoms with Gasteiger partial charge in [0.15, 0.2) is 0 Å². The molecule has 7 nitrogen and oxygen atoms in total. The third kappa shape index (κ3) is 7.71. The van der Waals surface area contributed by atoms with Crippen LogP contribution in [0.5, 0.6) is 5.75 Å². The number of para-hydroxylation sites is 1. The van der Waals surface area contributed by atoms with Crippen LogP contribution in [0.25, 0.3) is 22.2 Å². The predicted molar refractivity (Wildman–Crippen MR) is 164 cm³/mol. The topological polar surface area (TPSA) is 64.7 Å². The maximum Gasteiger partial charge on any atom is 0.254 e. The van der Waals surface area contributed by atoms with Crippen molar-refractivity contribution >= 4 is 16.9 Å². The molecular weight excluding hydrogens is 517 g/mol. The number of hydrogen-bond donors (Lipinski definition) is 1. The molecule has 4 aromatic rings. The number of methoxy groups -OCH3 is 1. The highest BCUT2D eigenvalue weighted by Crippen LogP contribution is 2.34. The molecule has 218 valence electrons. The molecule has 0 atom stereocenters. The predicted octanol–water partition coefficient (Wildman–Crippen LogP) is 5.73. The summed E-state index contributed by atoms with van der Waals surface area (Å²) in [4.78, 5) is 26.7. The van der Waals surface area contributed by atoms with Gasteiger partial charge in [0.2, 0.25) is 0 Å². The molecule has 1 aliphatic rings. The van der Waals surface area contributed by atoms with Crippen molar-refractivity contribution in [1.82, 2.24) is 24.7 Å². The van der Waals surface area contributed by atoms with E-state index in [-0.39, 0.29) is 11.7 Å². The van der Waals surface area contributed by atoms with Gasteiger partial charge in [-0.05, 0) is 55.4 Å². The minimum absolute atomic E-state index is 0.0668. The van der Waals surface area contributed by atoms with Crippen molar-refractivity contribution in [3.63, 3.8) is 0 Å². The van der Waals surface area contributed by atoms with Crippen LogP contribution < -0.4 is 4.74 Å². The lowest BCUT2D eigenvalue weighted by Crippen LogP contribution is -2.50. The van der Waals surface area contributed by atoms with Gasteiger partial charge in [0.1, 0.15) is 17.2 Å². The monoisotopic (exact) mass is 559 g/mol. The smallest absolute Gasteiger partial charge is 0.254 e. The molecule has 3 heterocycles. The van der Waals surface area contributed by atoms with Gasteiger partial charge in [0.25, 0.3) is 5.91 Å². The third-order valence-corrected chi connectivity index (χ3v) is 7.75. The van der Waals surface area contributed by atoms with Crippen LogP contribution in [-0.4, -0.2) is 90.0 Å². The lowest BCUT2D eigenvalue weighted by molar-refractivity contribution is 0.0624. The number of halogens is 1. The summed E-state index contributed by atoms with van der Waals surface area (Å²) in [7, 11) is 1.70. The standard InChI is InChI=1S/C17H26FN3O.C16H16N2O/c1-3-19(4-2)8-9-20-10-12-21(13-11-20)17(22)15-6-5-7-16(18)14-15;1-3-11-8-13-14(10-18-16(13)17-9-11)12-6-4-5-7-15(12)19-2/h5-7,14H,3-4,8-13H2,1-2H3;4-10H,3H2,1-2H3,(H,17,18). The number of rotatable bonds is 9. The molecule has 0 radical (unpaired) electrons. The molecule has 41 heavy (non-hydrogen) atoms. The number of carbonyl (C=O) groups is 1. The minimum atomic E-state index is -0.358. The largest absolute Gasteiger partial charge is 0.496 e. The summed E-state index contributed by atoms with van der Waals surface area (Å²) in [6, 6.07) is 16.2. The lowest BCUT2D eigenvalue weighted by Gasteiger charge is -2.35. The van der Waals surface area contributed by atoms with Crippen molar-refractivity contribution < 1.29 is 13.9 Å². The van der Waals surface area contributed by atoms with Crippen LogP contribution in [0.3, 0.4) is 0 Å². The Hall–Kier alpha value is -3.75. The van der Waals surface area contributed by atoms with Crippen molar-refractivity contribution in [2.75, 3.05) is 59.5 Å². The Morgan fingerprint density at radius 2 is 1.76 bits per heavy atom. The summed E-state index contributed by atoms with van der Waals surface area (Å²) in [5, 5.41) is 1.14. The number of fused-ring (bicyclic) bond motifs is 1. The number of likely N-dealkylation sites (N-methyl/N-ethyl adjacent to an activating group) is 1. The molecule has 0 unspecified atom stereocenters. The van der Waals surface area contributed by atoms with E-state index in [1.807, 2.05) is 35.5 Å². The van der Waals surface area contributed by atoms with Gasteiger partial charge in [-0.2, -0.15) is 0 Å². The quantitative estimate of drug-likeness (QED) is 0.284. The number of ether oxygens (including phenoxy) is 1. The van der Waals surface area contributed by atoms with Crippen molar-refractivity contribution in [2.45, 2.75) is 27.2 Å². The van der Waals surface area contributed by atoms with Crippen LogP contribution in [0.15, 0.2) is 67.0 Å². The summed E-state index contributed by atoms with van der Waals surface area (Å²) < 4.78 is 18.7. The van der Waals surface area contributed by atoms with Gasteiger partial charge in [0.05, 0.1) is 7.11 Å². The molecule has 1 amide bonds. The number of hydrogen-bond acceptors (Lipinski definition) is 5. The van der Waals surface area contributed by atoms with E-state index in [0.717, 1.165) is 73.6 Å². The van der Waals surface area contributed by atoms with E-state index in [1.165, 1.54) is 17.7 Å². The number of aromatic amines is 1. The lowest BCUT2D eigenvalue weighted by atomic mass is 10.0. The van der Waals surface area contributed by atoms with Gasteiger partial charge < -0.3 is 19.5 Å². The maximum absolute atomic E-state index is 13.2. The third-order valence-electron chi connectivity index (χ3n) is 7.75. The van der Waals surface area contributed by atoms with Gasteiger partial charge in [0, 0.05) is 73.7 Å². The van der Waals surface area contributed by atoms with Crippen LogP contribution >= 0.6 is 0 Å². The number of H-pyrrole nitrogens is 1. The van der Waals surface area contributed by atoms with Crippen molar-refractivity contribution in [3.8, 4) is 16.9 Å². The highest BCUT2D eigenvalue weighted by atomic mass is 19.1. The second-order valence-corrected chi connectivity index (χ2v) is 10.2. The van der Waals surface area contributed by atoms with E-state index in [4.69, 9.17) is 4.74 Å². The van der Waals surface area contributed by atoms with Gasteiger partial charge >= 0.3 is 0 Å². The fourth-order valence-electron chi connectivity index (χ4n) is 5.13. The zero-order valence-electron chi connectivity index (χ0n) is 24.7. The Morgan fingerprint density at radius 1 is 1.00 bits per heavy atom. The van der Waals surface area contributed by atoms with Crippen LogP contribution in [-0.2, 0) is 6.42 Å². The Labute approximate surface area is 242 Å². The Morgan fingerprint density at radius 3 is 2.44 bits per heavy atom. The molecule has 1 fully saturated rings. The number of nitrogens with zero attached hydrogens (tertiary/aromatic N) is 4. The van der Waals surface area contributed by atoms with E-state index >= 15 is 0 Å². The van der Waals surface area contributed by atoms with E-state index in [1.54, 1.807) is 19.2 Å². The highest BCUT2D eigenvalue weighted by molar-refractivity contribution is 5.95. The van der Waals surface area contributed by atoms with Crippen LogP contribution in [0.4, 0.5) is 4.39 Å². The first-order chi connectivity index (χ1) is 20.0. The molecule has 1 aliphatic heterocycles. The molecule has 0 aliphatic carbocycles. The van der Waals surface area contributed by atoms with Gasteiger partial charge in [-0.25, -0.2) is 9.37 Å². The van der Waals surface area contributed by atoms with E-state index in [9.17, 15) is 9.18 Å². The van der Waals surface area contributed by atoms with Crippen molar-refractivity contribution in [3.05, 3.63) is 83.9 Å². The number of benzene rings is 2. The number of aromatic nitrogens is 2. The van der Waals surface area contributed by atoms with Crippen molar-refractivity contribution in [1.29, 1.82) is 0 Å². The van der Waals surface area contributed by atoms with Gasteiger partial charge in [-0.15, -0.1) is 0 Å². The first-order valence-corrected chi connectivity index (χ1v) is 14.6. The number of aryl methyl sites for hydroxylation is 1. The summed E-state index contributed by atoms with van der Waals surface area (Å²) in [6.45, 7) is 14.0. The molecule has 0 saturated carbocycles. The summed E-state index contributed by atoms with van der Waals surface area (Å²) in [6.07, 6.45) is 4.90. The SMILES string of the molecule is CCN(CC)CCN1CCN(C(=O)c2cccc(F)c2)CC1.CCc1cnc2[nH]cc(-c3ccccc3OC)c2c1. The Bertz CT molecular complexity index is 1410. The maximum atomic E-state index is 13.2. The second kappa shape index (κ2) is 14.8. The van der Waals surface area contributed by atoms with E-state index < -0.39 is 0 Å². The zero-order chi connectivity index (χ0) is 29.2. The summed E-state index contributed by atoms with van der Waals surface area (Å²) >= 11 is 0. The molecule has 5 rings (SSSR count). The highest BCUT2D eigenvalue weighted by Gasteiger charge is 2.22. The summed E-state index contributed by atoms with van der Waals surface area (Å²) in [5.74, 6) is 0.455. The molecule has 1 saturated heterocycles. The van der Waals surface area contributed by atoms with Crippen LogP contribution in [0.1, 0.15) is 36.7 Å². The van der Waals surface area contributed by atoms with Crippen molar-refractivity contribution in [2.24, 2.45) is 0 Å². The first kappa shape index (κ1) is 30.2. The fourth-order valence-corrected chi connectivity index (χ4v) is 5.13. The van der Waals surface area contributed by atoms with Gasteiger partial charge in [-0.3, -0.25) is 9.69 Å². The Kier molecular flexibility index (Phi) is 10.9. The van der Waals surface area contributed by atoms with E-state index in [0.29, 0.717) is 18.7 Å². The van der Waals surface area contributed by atoms with Gasteiger partial charge in [-0.1, -0.05) is 45.0 Å².